The molecular formula is C19H26N4O. The maximum atomic E-state index is 5.36. The molecule has 0 bridgehead atoms. The van der Waals surface area contributed by atoms with Crippen LogP contribution in [-0.2, 0) is 0 Å². The fourth-order valence-corrected chi connectivity index (χ4v) is 3.02. The lowest BCUT2D eigenvalue weighted by Gasteiger charge is -2.25. The van der Waals surface area contributed by atoms with Crippen LogP contribution in [0.15, 0.2) is 36.4 Å². The van der Waals surface area contributed by atoms with Crippen LogP contribution in [0.3, 0.4) is 0 Å². The van der Waals surface area contributed by atoms with Crippen LogP contribution in [-0.4, -0.2) is 52.4 Å². The van der Waals surface area contributed by atoms with E-state index < -0.39 is 0 Å². The fourth-order valence-electron chi connectivity index (χ4n) is 3.02. The standard InChI is InChI=1S/C19H26N4O/c1-22(2)16-7-5-15(6-8-16)19-17(9-10-18(21-19)24-3)23-13-4-11-20-12-14-23/h5-10,20H,4,11-14H2,1-3H3. The Labute approximate surface area is 144 Å². The van der Waals surface area contributed by atoms with Crippen LogP contribution in [0.25, 0.3) is 11.3 Å². The number of pyridine rings is 1. The minimum atomic E-state index is 0.651. The lowest BCUT2D eigenvalue weighted by atomic mass is 10.1. The van der Waals surface area contributed by atoms with Gasteiger partial charge in [-0.1, -0.05) is 12.1 Å². The molecule has 1 saturated heterocycles. The number of hydrogen-bond donors (Lipinski definition) is 1. The molecule has 2 aromatic rings. The zero-order valence-corrected chi connectivity index (χ0v) is 14.7. The van der Waals surface area contributed by atoms with Gasteiger partial charge in [-0.2, -0.15) is 0 Å². The van der Waals surface area contributed by atoms with E-state index in [1.807, 2.05) is 6.07 Å². The number of aromatic nitrogens is 1. The van der Waals surface area contributed by atoms with Gasteiger partial charge in [-0.25, -0.2) is 4.98 Å². The van der Waals surface area contributed by atoms with E-state index in [4.69, 9.17) is 9.72 Å². The summed E-state index contributed by atoms with van der Waals surface area (Å²) in [5.41, 5.74) is 4.47. The molecule has 1 aliphatic rings. The normalized spacial score (nSPS) is 15.0. The van der Waals surface area contributed by atoms with Crippen LogP contribution in [0.2, 0.25) is 0 Å². The number of nitrogens with one attached hydrogen (secondary N) is 1. The van der Waals surface area contributed by atoms with E-state index in [0.29, 0.717) is 5.88 Å². The van der Waals surface area contributed by atoms with E-state index in [-0.39, 0.29) is 0 Å². The predicted octanol–water partition coefficient (Wildman–Crippen LogP) is 2.62. The van der Waals surface area contributed by atoms with Crippen molar-refractivity contribution in [2.75, 3.05) is 57.2 Å². The van der Waals surface area contributed by atoms with Gasteiger partial charge in [0.15, 0.2) is 0 Å². The van der Waals surface area contributed by atoms with Crippen molar-refractivity contribution in [3.05, 3.63) is 36.4 Å². The van der Waals surface area contributed by atoms with Gasteiger partial charge in [0.25, 0.3) is 0 Å². The molecule has 1 fully saturated rings. The van der Waals surface area contributed by atoms with Crippen molar-refractivity contribution < 1.29 is 4.74 Å². The first-order chi connectivity index (χ1) is 11.7. The van der Waals surface area contributed by atoms with Crippen molar-refractivity contribution in [2.24, 2.45) is 0 Å². The third-order valence-electron chi connectivity index (χ3n) is 4.40. The Hall–Kier alpha value is -2.27. The van der Waals surface area contributed by atoms with Crippen LogP contribution in [0.1, 0.15) is 6.42 Å². The first kappa shape index (κ1) is 16.6. The molecule has 0 saturated carbocycles. The van der Waals surface area contributed by atoms with Crippen molar-refractivity contribution in [3.63, 3.8) is 0 Å². The fraction of sp³-hybridized carbons (Fsp3) is 0.421. The van der Waals surface area contributed by atoms with Crippen molar-refractivity contribution in [1.82, 2.24) is 10.3 Å². The van der Waals surface area contributed by atoms with Crippen molar-refractivity contribution >= 4 is 11.4 Å². The number of rotatable bonds is 4. The third kappa shape index (κ3) is 3.62. The van der Waals surface area contributed by atoms with Crippen LogP contribution in [0.5, 0.6) is 5.88 Å². The quantitative estimate of drug-likeness (QED) is 0.935. The molecule has 1 aromatic carbocycles. The SMILES string of the molecule is COc1ccc(N2CCCNCC2)c(-c2ccc(N(C)C)cc2)n1. The molecule has 0 spiro atoms. The first-order valence-corrected chi connectivity index (χ1v) is 8.47. The number of nitrogens with zero attached hydrogens (tertiary/aromatic N) is 3. The highest BCUT2D eigenvalue weighted by Gasteiger charge is 2.16. The molecule has 0 atom stereocenters. The van der Waals surface area contributed by atoms with E-state index in [1.165, 1.54) is 11.4 Å². The molecule has 0 amide bonds. The smallest absolute Gasteiger partial charge is 0.213 e. The molecule has 0 unspecified atom stereocenters. The van der Waals surface area contributed by atoms with E-state index >= 15 is 0 Å². The maximum Gasteiger partial charge on any atom is 0.213 e. The highest BCUT2D eigenvalue weighted by molar-refractivity contribution is 5.76. The van der Waals surface area contributed by atoms with E-state index in [0.717, 1.165) is 43.9 Å². The summed E-state index contributed by atoms with van der Waals surface area (Å²) in [6.45, 7) is 4.12. The number of anilines is 2. The highest BCUT2D eigenvalue weighted by atomic mass is 16.5. The Morgan fingerprint density at radius 3 is 2.54 bits per heavy atom. The molecular weight excluding hydrogens is 300 g/mol. The number of methoxy groups -OCH3 is 1. The molecule has 1 aliphatic heterocycles. The van der Waals surface area contributed by atoms with E-state index in [1.54, 1.807) is 7.11 Å². The number of ether oxygens (including phenoxy) is 1. The summed E-state index contributed by atoms with van der Waals surface area (Å²) >= 11 is 0. The van der Waals surface area contributed by atoms with Gasteiger partial charge in [0.1, 0.15) is 0 Å². The second-order valence-corrected chi connectivity index (χ2v) is 6.25. The van der Waals surface area contributed by atoms with Gasteiger partial charge >= 0.3 is 0 Å². The van der Waals surface area contributed by atoms with Crippen molar-refractivity contribution in [2.45, 2.75) is 6.42 Å². The Morgan fingerprint density at radius 1 is 1.04 bits per heavy atom. The predicted molar refractivity (Wildman–Crippen MR) is 100 cm³/mol. The minimum absolute atomic E-state index is 0.651. The zero-order chi connectivity index (χ0) is 16.9. The number of benzene rings is 1. The van der Waals surface area contributed by atoms with E-state index in [9.17, 15) is 0 Å². The van der Waals surface area contributed by atoms with Gasteiger partial charge in [0.2, 0.25) is 5.88 Å². The Morgan fingerprint density at radius 2 is 1.83 bits per heavy atom. The molecule has 5 heteroatoms. The summed E-state index contributed by atoms with van der Waals surface area (Å²) in [7, 11) is 5.76. The Kier molecular flexibility index (Phi) is 5.20. The molecule has 0 aliphatic carbocycles. The molecule has 0 radical (unpaired) electrons. The molecule has 5 nitrogen and oxygen atoms in total. The first-order valence-electron chi connectivity index (χ1n) is 8.47. The monoisotopic (exact) mass is 326 g/mol. The maximum absolute atomic E-state index is 5.36. The molecule has 24 heavy (non-hydrogen) atoms. The van der Waals surface area contributed by atoms with Crippen LogP contribution in [0, 0.1) is 0 Å². The molecule has 2 heterocycles. The van der Waals surface area contributed by atoms with Crippen molar-refractivity contribution in [1.29, 1.82) is 0 Å². The number of hydrogen-bond acceptors (Lipinski definition) is 5. The highest BCUT2D eigenvalue weighted by Crippen LogP contribution is 2.32. The topological polar surface area (TPSA) is 40.6 Å². The Bertz CT molecular complexity index is 662. The summed E-state index contributed by atoms with van der Waals surface area (Å²) in [6, 6.07) is 12.6. The molecule has 1 N–H and O–H groups in total. The second-order valence-electron chi connectivity index (χ2n) is 6.25. The lowest BCUT2D eigenvalue weighted by Crippen LogP contribution is -2.28. The van der Waals surface area contributed by atoms with Crippen LogP contribution < -0.4 is 19.9 Å². The third-order valence-corrected chi connectivity index (χ3v) is 4.40. The van der Waals surface area contributed by atoms with Crippen LogP contribution >= 0.6 is 0 Å². The van der Waals surface area contributed by atoms with Gasteiger partial charge in [-0.15, -0.1) is 0 Å². The average molecular weight is 326 g/mol. The van der Waals surface area contributed by atoms with Crippen LogP contribution in [0.4, 0.5) is 11.4 Å². The lowest BCUT2D eigenvalue weighted by molar-refractivity contribution is 0.398. The molecule has 128 valence electrons. The van der Waals surface area contributed by atoms with Gasteiger partial charge in [0.05, 0.1) is 18.5 Å². The summed E-state index contributed by atoms with van der Waals surface area (Å²) in [5.74, 6) is 0.651. The van der Waals surface area contributed by atoms with Gasteiger partial charge < -0.3 is 19.9 Å². The largest absolute Gasteiger partial charge is 0.481 e. The summed E-state index contributed by atoms with van der Waals surface area (Å²) in [4.78, 5) is 9.26. The van der Waals surface area contributed by atoms with Crippen molar-refractivity contribution in [3.8, 4) is 17.1 Å². The van der Waals surface area contributed by atoms with Gasteiger partial charge in [-0.3, -0.25) is 0 Å². The van der Waals surface area contributed by atoms with Gasteiger partial charge in [0, 0.05) is 51.0 Å². The molecule has 1 aromatic heterocycles. The zero-order valence-electron chi connectivity index (χ0n) is 14.7. The minimum Gasteiger partial charge on any atom is -0.481 e. The molecule has 3 rings (SSSR count). The van der Waals surface area contributed by atoms with E-state index in [2.05, 4.69) is 59.5 Å². The van der Waals surface area contributed by atoms with Gasteiger partial charge in [-0.05, 0) is 31.2 Å². The summed E-state index contributed by atoms with van der Waals surface area (Å²) < 4.78 is 5.36. The average Bonchev–Trinajstić information content (AvgIpc) is 2.90. The second kappa shape index (κ2) is 7.53. The summed E-state index contributed by atoms with van der Waals surface area (Å²) in [6.07, 6.45) is 1.14. The summed E-state index contributed by atoms with van der Waals surface area (Å²) in [5, 5.41) is 3.46. The Balaban J connectivity index is 2.00.